The number of nitrogens with one attached hydrogen (secondary N) is 1. The first-order chi connectivity index (χ1) is 13.7. The van der Waals surface area contributed by atoms with E-state index in [1.807, 2.05) is 43.9 Å². The summed E-state index contributed by atoms with van der Waals surface area (Å²) < 4.78 is 36.1. The second-order valence-electron chi connectivity index (χ2n) is 7.48. The Morgan fingerprint density at radius 3 is 2.69 bits per heavy atom. The lowest BCUT2D eigenvalue weighted by atomic mass is 10.1. The van der Waals surface area contributed by atoms with E-state index in [9.17, 15) is 13.5 Å². The van der Waals surface area contributed by atoms with Crippen molar-refractivity contribution in [2.75, 3.05) is 6.54 Å². The highest BCUT2D eigenvalue weighted by atomic mass is 79.9. The number of hydrogen-bond acceptors (Lipinski definition) is 6. The molecule has 0 bridgehead atoms. The van der Waals surface area contributed by atoms with E-state index in [1.165, 1.54) is 0 Å². The number of furan rings is 1. The monoisotopic (exact) mass is 498 g/mol. The van der Waals surface area contributed by atoms with Crippen molar-refractivity contribution in [3.05, 3.63) is 42.3 Å². The smallest absolute Gasteiger partial charge is 0.242 e. The van der Waals surface area contributed by atoms with Crippen molar-refractivity contribution < 1.29 is 22.4 Å². The number of nitrogens with zero attached hydrogens (tertiary/aromatic N) is 1. The second-order valence-corrected chi connectivity index (χ2v) is 13.8. The molecule has 2 aromatic heterocycles. The van der Waals surface area contributed by atoms with Crippen LogP contribution < -0.4 is 9.15 Å². The molecule has 0 radical (unpaired) electrons. The third kappa shape index (κ3) is 5.19. The fourth-order valence-electron chi connectivity index (χ4n) is 2.93. The molecular weight excluding hydrogens is 476 g/mol. The van der Waals surface area contributed by atoms with Crippen LogP contribution in [0.4, 0.5) is 0 Å². The number of benzene rings is 1. The highest BCUT2D eigenvalue weighted by Crippen LogP contribution is 2.49. The topological polar surface area (TPSA) is 102 Å². The third-order valence-electron chi connectivity index (χ3n) is 4.09. The molecule has 1 unspecified atom stereocenters. The van der Waals surface area contributed by atoms with Gasteiger partial charge in [-0.05, 0) is 38.2 Å². The molecule has 7 nitrogen and oxygen atoms in total. The van der Waals surface area contributed by atoms with Gasteiger partial charge in [0.1, 0.15) is 0 Å². The molecule has 29 heavy (non-hydrogen) atoms. The lowest BCUT2D eigenvalue weighted by Crippen LogP contribution is -2.29. The number of fused-ring (bicyclic) bond motifs is 1. The Bertz CT molecular complexity index is 1080. The Labute approximate surface area is 180 Å². The van der Waals surface area contributed by atoms with Crippen LogP contribution in [0, 0.1) is 0 Å². The molecule has 1 aromatic carbocycles. The van der Waals surface area contributed by atoms with E-state index in [1.54, 1.807) is 12.3 Å². The number of aromatic hydroxyl groups is 1. The van der Waals surface area contributed by atoms with Crippen LogP contribution in [0.2, 0.25) is 19.6 Å². The lowest BCUT2D eigenvalue weighted by Gasteiger charge is -2.20. The van der Waals surface area contributed by atoms with Crippen molar-refractivity contribution >= 4 is 46.0 Å². The van der Waals surface area contributed by atoms with Gasteiger partial charge in [0, 0.05) is 23.7 Å². The molecular formula is C19H23BrN2O5SSi. The number of alkyl halides is 1. The van der Waals surface area contributed by atoms with Gasteiger partial charge in [0.15, 0.2) is 17.3 Å². The highest BCUT2D eigenvalue weighted by molar-refractivity contribution is 9.09. The summed E-state index contributed by atoms with van der Waals surface area (Å²) >= 11 is 3.55. The fourth-order valence-corrected chi connectivity index (χ4v) is 4.58. The van der Waals surface area contributed by atoms with E-state index < -0.39 is 19.2 Å². The average Bonchev–Trinajstić information content (AvgIpc) is 2.96. The van der Waals surface area contributed by atoms with E-state index in [0.717, 1.165) is 10.9 Å². The van der Waals surface area contributed by atoms with Crippen LogP contribution in [-0.4, -0.2) is 33.4 Å². The first-order valence-electron chi connectivity index (χ1n) is 9.08. The summed E-state index contributed by atoms with van der Waals surface area (Å²) in [6.45, 7) is 6.27. The quantitative estimate of drug-likeness (QED) is 0.242. The summed E-state index contributed by atoms with van der Waals surface area (Å²) in [5.74, 6) is 0.974. The molecule has 2 N–H and O–H groups in total. The zero-order valence-corrected chi connectivity index (χ0v) is 19.8. The lowest BCUT2D eigenvalue weighted by molar-refractivity contribution is 0.438. The minimum atomic E-state index is -2.67. The molecule has 0 aliphatic carbocycles. The minimum absolute atomic E-state index is 0.0638. The SMILES string of the molecule is C[Si](C)(C)Oc1c(C(Br)CCN[SH](=O)=O)oc(-c2ccnc3ccccc23)c1O. The van der Waals surface area contributed by atoms with E-state index in [0.29, 0.717) is 29.3 Å². The van der Waals surface area contributed by atoms with Crippen molar-refractivity contribution in [3.63, 3.8) is 0 Å². The van der Waals surface area contributed by atoms with Crippen LogP contribution in [-0.2, 0) is 10.9 Å². The third-order valence-corrected chi connectivity index (χ3v) is 6.26. The standard InChI is InChI=1S/C19H23BrN2O5SSi/c1-29(2,3)27-19-16(23)17(26-18(19)14(20)9-11-22-28(24)25)13-8-10-21-15-7-5-4-6-12(13)15/h4-8,10,14,23,28H,9,11H2,1-3H3,(H,22,24,25). The van der Waals surface area contributed by atoms with E-state index in [2.05, 4.69) is 25.6 Å². The van der Waals surface area contributed by atoms with E-state index >= 15 is 0 Å². The van der Waals surface area contributed by atoms with Crippen molar-refractivity contribution in [1.82, 2.24) is 9.71 Å². The molecule has 0 saturated heterocycles. The molecule has 0 spiro atoms. The van der Waals surface area contributed by atoms with Crippen LogP contribution in [0.25, 0.3) is 22.2 Å². The van der Waals surface area contributed by atoms with Gasteiger partial charge in [0.25, 0.3) is 0 Å². The Hall–Kier alpha value is -1.88. The van der Waals surface area contributed by atoms with Crippen molar-refractivity contribution in [2.45, 2.75) is 30.9 Å². The first-order valence-corrected chi connectivity index (χ1v) is 14.6. The summed E-state index contributed by atoms with van der Waals surface area (Å²) in [5, 5.41) is 11.8. The van der Waals surface area contributed by atoms with Crippen LogP contribution in [0.3, 0.4) is 0 Å². The predicted octanol–water partition coefficient (Wildman–Crippen LogP) is 4.36. The molecule has 0 saturated carbocycles. The maximum Gasteiger partial charge on any atom is 0.242 e. The number of halogens is 1. The van der Waals surface area contributed by atoms with Crippen LogP contribution in [0.5, 0.6) is 11.5 Å². The molecule has 156 valence electrons. The van der Waals surface area contributed by atoms with Crippen molar-refractivity contribution in [2.24, 2.45) is 0 Å². The Morgan fingerprint density at radius 1 is 1.28 bits per heavy atom. The largest absolute Gasteiger partial charge is 0.539 e. The average molecular weight is 499 g/mol. The Balaban J connectivity index is 2.08. The number of thiol groups is 1. The Morgan fingerprint density at radius 2 is 2.00 bits per heavy atom. The maximum absolute atomic E-state index is 11.0. The second kappa shape index (κ2) is 8.86. The van der Waals surface area contributed by atoms with Crippen LogP contribution in [0.1, 0.15) is 17.0 Å². The maximum atomic E-state index is 11.0. The molecule has 3 rings (SSSR count). The minimum Gasteiger partial charge on any atom is -0.539 e. The fraction of sp³-hybridized carbons (Fsp3) is 0.316. The number of aromatic nitrogens is 1. The molecule has 0 amide bonds. The summed E-state index contributed by atoms with van der Waals surface area (Å²) in [6, 6.07) is 9.39. The van der Waals surface area contributed by atoms with Crippen molar-refractivity contribution in [3.8, 4) is 22.8 Å². The van der Waals surface area contributed by atoms with Gasteiger partial charge in [-0.1, -0.05) is 34.1 Å². The normalized spacial score (nSPS) is 13.1. The van der Waals surface area contributed by atoms with Crippen molar-refractivity contribution in [1.29, 1.82) is 0 Å². The molecule has 1 atom stereocenters. The number of para-hydroxylation sites is 1. The summed E-state index contributed by atoms with van der Waals surface area (Å²) in [7, 11) is -4.73. The van der Waals surface area contributed by atoms with Gasteiger partial charge in [0.05, 0.1) is 10.3 Å². The molecule has 2 heterocycles. The highest BCUT2D eigenvalue weighted by Gasteiger charge is 2.31. The first kappa shape index (κ1) is 21.8. The zero-order chi connectivity index (χ0) is 21.2. The predicted molar refractivity (Wildman–Crippen MR) is 120 cm³/mol. The van der Waals surface area contributed by atoms with E-state index in [-0.39, 0.29) is 17.1 Å². The van der Waals surface area contributed by atoms with Gasteiger partial charge in [-0.25, -0.2) is 13.1 Å². The Kier molecular flexibility index (Phi) is 6.67. The van der Waals surface area contributed by atoms with Crippen LogP contribution >= 0.6 is 15.9 Å². The zero-order valence-electron chi connectivity index (χ0n) is 16.3. The van der Waals surface area contributed by atoms with Gasteiger partial charge < -0.3 is 13.9 Å². The van der Waals surface area contributed by atoms with Gasteiger partial charge in [-0.15, -0.1) is 0 Å². The van der Waals surface area contributed by atoms with Gasteiger partial charge >= 0.3 is 0 Å². The number of hydrogen-bond donors (Lipinski definition) is 3. The molecule has 3 aromatic rings. The summed E-state index contributed by atoms with van der Waals surface area (Å²) in [5.41, 5.74) is 1.49. The molecule has 10 heteroatoms. The van der Waals surface area contributed by atoms with Crippen LogP contribution in [0.15, 0.2) is 40.9 Å². The van der Waals surface area contributed by atoms with Gasteiger partial charge in [-0.2, -0.15) is 0 Å². The molecule has 0 fully saturated rings. The van der Waals surface area contributed by atoms with Gasteiger partial charge in [-0.3, -0.25) is 4.98 Å². The summed E-state index contributed by atoms with van der Waals surface area (Å²) in [4.78, 5) is 4.01. The van der Waals surface area contributed by atoms with Gasteiger partial charge in [0.2, 0.25) is 25.0 Å². The van der Waals surface area contributed by atoms with E-state index in [4.69, 9.17) is 8.84 Å². The molecule has 0 aliphatic heterocycles. The number of pyridine rings is 1. The summed E-state index contributed by atoms with van der Waals surface area (Å²) in [6.07, 6.45) is 2.09. The molecule has 0 aliphatic rings. The number of rotatable bonds is 8.